The Kier molecular flexibility index (Phi) is 7.63. The normalized spacial score (nSPS) is 23.5. The molecule has 6 heteroatoms. The second kappa shape index (κ2) is 10.5. The van der Waals surface area contributed by atoms with E-state index in [0.717, 1.165) is 32.1 Å². The van der Waals surface area contributed by atoms with Crippen LogP contribution in [0, 0.1) is 29.3 Å². The second-order valence-corrected chi connectivity index (χ2v) is 9.66. The molecule has 0 amide bonds. The average Bonchev–Trinajstić information content (AvgIpc) is 2.83. The largest absolute Gasteiger partial charge is 0.432 e. The predicted molar refractivity (Wildman–Crippen MR) is 122 cm³/mol. The maximum Gasteiger partial charge on any atom is 0.400 e. The fraction of sp³-hybridized carbons (Fsp3) is 0.500. The number of hydrogen-bond acceptors (Lipinski definition) is 1. The first-order valence-electron chi connectivity index (χ1n) is 12.3. The van der Waals surface area contributed by atoms with E-state index in [1.54, 1.807) is 0 Å². The summed E-state index contributed by atoms with van der Waals surface area (Å²) >= 11 is 0. The Morgan fingerprint density at radius 3 is 2.09 bits per heavy atom. The summed E-state index contributed by atoms with van der Waals surface area (Å²) in [5.41, 5.74) is 4.10. The van der Waals surface area contributed by atoms with Gasteiger partial charge in [0.15, 0.2) is 17.5 Å². The van der Waals surface area contributed by atoms with Crippen LogP contribution in [-0.2, 0) is 6.42 Å². The van der Waals surface area contributed by atoms with Crippen LogP contribution in [0.5, 0.6) is 5.75 Å². The molecule has 1 fully saturated rings. The van der Waals surface area contributed by atoms with Crippen LogP contribution in [-0.4, -0.2) is 6.11 Å². The summed E-state index contributed by atoms with van der Waals surface area (Å²) in [5.74, 6) is -5.74. The van der Waals surface area contributed by atoms with E-state index in [4.69, 9.17) is 0 Å². The average molecular weight is 479 g/mol. The number of rotatable bonds is 7. The van der Waals surface area contributed by atoms with Gasteiger partial charge in [-0.2, -0.15) is 8.78 Å². The summed E-state index contributed by atoms with van der Waals surface area (Å²) in [7, 11) is 0. The molecule has 0 bridgehead atoms. The van der Waals surface area contributed by atoms with E-state index in [2.05, 4.69) is 42.0 Å². The monoisotopic (exact) mass is 478 g/mol. The van der Waals surface area contributed by atoms with Gasteiger partial charge >= 0.3 is 6.11 Å². The first-order valence-corrected chi connectivity index (χ1v) is 12.3. The Balaban J connectivity index is 1.31. The highest BCUT2D eigenvalue weighted by Gasteiger charge is 2.44. The van der Waals surface area contributed by atoms with Crippen molar-refractivity contribution in [3.8, 4) is 5.75 Å². The minimum absolute atomic E-state index is 0.267. The molecule has 1 nitrogen and oxygen atoms in total. The highest BCUT2D eigenvalue weighted by Crippen LogP contribution is 2.45. The maximum absolute atomic E-state index is 14.7. The standard InChI is InChI=1S/C28H31F5O/c1-2-3-18-4-6-19(7-5-18)20-8-10-21(11-9-20)22-12-14-23(15-13-22)28(32,33)34-24-16-25(29)27(31)26(30)17-24/h4-7,10,16-17,20,22-23H,2-3,8-9,11-15H2,1H3. The van der Waals surface area contributed by atoms with Gasteiger partial charge in [0.05, 0.1) is 5.92 Å². The summed E-state index contributed by atoms with van der Waals surface area (Å²) in [6, 6.07) is 9.82. The second-order valence-electron chi connectivity index (χ2n) is 9.66. The molecule has 0 N–H and O–H groups in total. The van der Waals surface area contributed by atoms with Crippen molar-refractivity contribution in [2.75, 3.05) is 0 Å². The summed E-state index contributed by atoms with van der Waals surface area (Å²) in [4.78, 5) is 0. The molecular formula is C28H31F5O. The predicted octanol–water partition coefficient (Wildman–Crippen LogP) is 8.73. The van der Waals surface area contributed by atoms with Crippen molar-refractivity contribution in [2.24, 2.45) is 11.8 Å². The van der Waals surface area contributed by atoms with E-state index in [1.807, 2.05) is 0 Å². The minimum atomic E-state index is -3.57. The van der Waals surface area contributed by atoms with Crippen molar-refractivity contribution in [3.63, 3.8) is 0 Å². The molecule has 0 aliphatic heterocycles. The van der Waals surface area contributed by atoms with Crippen molar-refractivity contribution < 1.29 is 26.7 Å². The quantitative estimate of drug-likeness (QED) is 0.220. The highest BCUT2D eigenvalue weighted by atomic mass is 19.3. The number of aryl methyl sites for hydroxylation is 1. The summed E-state index contributed by atoms with van der Waals surface area (Å²) in [6.45, 7) is 2.18. The molecule has 0 spiro atoms. The van der Waals surface area contributed by atoms with E-state index < -0.39 is 35.2 Å². The Morgan fingerprint density at radius 1 is 0.882 bits per heavy atom. The topological polar surface area (TPSA) is 9.23 Å². The molecular weight excluding hydrogens is 447 g/mol. The van der Waals surface area contributed by atoms with Crippen LogP contribution < -0.4 is 4.74 Å². The SMILES string of the molecule is CCCc1ccc(C2CC=C(C3CCC(C(F)(F)Oc4cc(F)c(F)c(F)c4)CC3)CC2)cc1. The van der Waals surface area contributed by atoms with Crippen LogP contribution in [0.15, 0.2) is 48.0 Å². The zero-order valence-corrected chi connectivity index (χ0v) is 19.4. The molecule has 0 heterocycles. The van der Waals surface area contributed by atoms with Crippen molar-refractivity contribution in [1.29, 1.82) is 0 Å². The first kappa shape index (κ1) is 24.7. The summed E-state index contributed by atoms with van der Waals surface area (Å²) < 4.78 is 73.8. The van der Waals surface area contributed by atoms with Gasteiger partial charge in [-0.3, -0.25) is 0 Å². The number of allylic oxidation sites excluding steroid dienone is 2. The molecule has 2 aromatic rings. The molecule has 4 rings (SSSR count). The van der Waals surface area contributed by atoms with Crippen molar-refractivity contribution in [2.45, 2.75) is 76.7 Å². The highest BCUT2D eigenvalue weighted by molar-refractivity contribution is 5.28. The molecule has 184 valence electrons. The van der Waals surface area contributed by atoms with Gasteiger partial charge in [0.25, 0.3) is 0 Å². The maximum atomic E-state index is 14.7. The number of alkyl halides is 2. The Bertz CT molecular complexity index is 983. The summed E-state index contributed by atoms with van der Waals surface area (Å²) in [5, 5.41) is 0. The van der Waals surface area contributed by atoms with Crippen LogP contribution in [0.2, 0.25) is 0 Å². The van der Waals surface area contributed by atoms with Crippen LogP contribution in [0.25, 0.3) is 0 Å². The van der Waals surface area contributed by atoms with E-state index in [1.165, 1.54) is 16.7 Å². The molecule has 2 aliphatic carbocycles. The van der Waals surface area contributed by atoms with Crippen LogP contribution in [0.1, 0.15) is 75.3 Å². The van der Waals surface area contributed by atoms with Gasteiger partial charge in [-0.15, -0.1) is 0 Å². The lowest BCUT2D eigenvalue weighted by atomic mass is 9.73. The summed E-state index contributed by atoms with van der Waals surface area (Å²) in [6.07, 6.45) is 5.80. The van der Waals surface area contributed by atoms with Crippen molar-refractivity contribution in [1.82, 2.24) is 0 Å². The lowest BCUT2D eigenvalue weighted by Crippen LogP contribution is -2.37. The molecule has 1 saturated carbocycles. The van der Waals surface area contributed by atoms with Gasteiger partial charge in [-0.1, -0.05) is 49.3 Å². The molecule has 0 saturated heterocycles. The molecule has 0 aromatic heterocycles. The third kappa shape index (κ3) is 5.64. The lowest BCUT2D eigenvalue weighted by Gasteiger charge is -2.35. The van der Waals surface area contributed by atoms with Gasteiger partial charge in [-0.25, -0.2) is 13.2 Å². The Hall–Kier alpha value is -2.37. The third-order valence-electron chi connectivity index (χ3n) is 7.37. The van der Waals surface area contributed by atoms with E-state index in [0.29, 0.717) is 36.8 Å². The van der Waals surface area contributed by atoms with E-state index in [9.17, 15) is 22.0 Å². The van der Waals surface area contributed by atoms with Gasteiger partial charge in [0.2, 0.25) is 0 Å². The smallest absolute Gasteiger partial charge is 0.400 e. The first-order chi connectivity index (χ1) is 16.3. The fourth-order valence-electron chi connectivity index (χ4n) is 5.41. The number of halogens is 5. The molecule has 34 heavy (non-hydrogen) atoms. The minimum Gasteiger partial charge on any atom is -0.432 e. The number of benzene rings is 2. The van der Waals surface area contributed by atoms with Crippen molar-refractivity contribution in [3.05, 3.63) is 76.6 Å². The van der Waals surface area contributed by atoms with Gasteiger partial charge in [-0.05, 0) is 74.3 Å². The fourth-order valence-corrected chi connectivity index (χ4v) is 5.41. The van der Waals surface area contributed by atoms with Gasteiger partial charge in [0.1, 0.15) is 5.75 Å². The number of ether oxygens (including phenoxy) is 1. The molecule has 1 unspecified atom stereocenters. The van der Waals surface area contributed by atoms with Crippen LogP contribution in [0.4, 0.5) is 22.0 Å². The lowest BCUT2D eigenvalue weighted by molar-refractivity contribution is -0.223. The van der Waals surface area contributed by atoms with Crippen LogP contribution >= 0.6 is 0 Å². The van der Waals surface area contributed by atoms with Gasteiger partial charge < -0.3 is 4.74 Å². The number of hydrogen-bond donors (Lipinski definition) is 0. The molecule has 2 aromatic carbocycles. The zero-order valence-electron chi connectivity index (χ0n) is 19.4. The van der Waals surface area contributed by atoms with Crippen LogP contribution in [0.3, 0.4) is 0 Å². The van der Waals surface area contributed by atoms with E-state index in [-0.39, 0.29) is 12.8 Å². The molecule has 0 radical (unpaired) electrons. The molecule has 1 atom stereocenters. The molecule has 2 aliphatic rings. The Labute approximate surface area is 198 Å². The van der Waals surface area contributed by atoms with Crippen molar-refractivity contribution >= 4 is 0 Å². The van der Waals surface area contributed by atoms with Gasteiger partial charge in [0, 0.05) is 12.1 Å². The van der Waals surface area contributed by atoms with E-state index >= 15 is 0 Å². The Morgan fingerprint density at radius 2 is 1.53 bits per heavy atom. The third-order valence-corrected chi connectivity index (χ3v) is 7.37. The zero-order chi connectivity index (χ0) is 24.3.